The molecular weight excluding hydrogens is 196 g/mol. The molecule has 10 heavy (non-hydrogen) atoms. The largest absolute Gasteiger partial charge is 0.619 e. The molecule has 1 rings (SSSR count). The molecule has 0 radical (unpaired) electrons. The van der Waals surface area contributed by atoms with E-state index in [2.05, 4.69) is 0 Å². The number of rotatable bonds is 0. The molecule has 1 heterocycles. The van der Waals surface area contributed by atoms with E-state index in [0.717, 1.165) is 12.4 Å². The standard InChI is InChI=1S/C5H2Cl3NO/c6-3-1-9(10)2-4(7)5(3)8/h1-2H. The Morgan fingerprint density at radius 2 is 1.50 bits per heavy atom. The fourth-order valence-electron chi connectivity index (χ4n) is 0.488. The van der Waals surface area contributed by atoms with Crippen LogP contribution in [-0.4, -0.2) is 0 Å². The van der Waals surface area contributed by atoms with Gasteiger partial charge >= 0.3 is 0 Å². The highest BCUT2D eigenvalue weighted by molar-refractivity contribution is 6.47. The monoisotopic (exact) mass is 197 g/mol. The molecule has 0 amide bonds. The molecule has 0 spiro atoms. The molecule has 2 nitrogen and oxygen atoms in total. The number of hydrogen-bond acceptors (Lipinski definition) is 1. The van der Waals surface area contributed by atoms with Crippen molar-refractivity contribution in [1.82, 2.24) is 0 Å². The summed E-state index contributed by atoms with van der Waals surface area (Å²) in [7, 11) is 0. The summed E-state index contributed by atoms with van der Waals surface area (Å²) in [6.07, 6.45) is 2.27. The second-order valence-corrected chi connectivity index (χ2v) is 2.82. The number of pyridine rings is 1. The van der Waals surface area contributed by atoms with Gasteiger partial charge in [-0.15, -0.1) is 0 Å². The van der Waals surface area contributed by atoms with Crippen LogP contribution in [0, 0.1) is 5.21 Å². The number of aromatic nitrogens is 1. The van der Waals surface area contributed by atoms with Gasteiger partial charge in [-0.25, -0.2) is 0 Å². The van der Waals surface area contributed by atoms with Crippen LogP contribution in [0.4, 0.5) is 0 Å². The fourth-order valence-corrected chi connectivity index (χ4v) is 1.03. The van der Waals surface area contributed by atoms with Gasteiger partial charge < -0.3 is 5.21 Å². The number of halogens is 3. The third-order valence-electron chi connectivity index (χ3n) is 0.901. The second kappa shape index (κ2) is 2.82. The quantitative estimate of drug-likeness (QED) is 0.464. The summed E-state index contributed by atoms with van der Waals surface area (Å²) in [6.45, 7) is 0. The van der Waals surface area contributed by atoms with E-state index in [0.29, 0.717) is 4.73 Å². The van der Waals surface area contributed by atoms with Crippen LogP contribution in [0.25, 0.3) is 0 Å². The number of nitrogens with zero attached hydrogens (tertiary/aromatic N) is 1. The Morgan fingerprint density at radius 3 is 1.90 bits per heavy atom. The van der Waals surface area contributed by atoms with E-state index < -0.39 is 0 Å². The smallest absolute Gasteiger partial charge is 0.200 e. The zero-order valence-corrected chi connectivity index (χ0v) is 6.91. The Kier molecular flexibility index (Phi) is 2.24. The van der Waals surface area contributed by atoms with Gasteiger partial charge in [-0.1, -0.05) is 34.8 Å². The van der Waals surface area contributed by atoms with Gasteiger partial charge in [-0.05, 0) is 0 Å². The van der Waals surface area contributed by atoms with E-state index in [1.807, 2.05) is 0 Å². The van der Waals surface area contributed by atoms with E-state index in [-0.39, 0.29) is 15.1 Å². The van der Waals surface area contributed by atoms with E-state index in [1.165, 1.54) is 0 Å². The second-order valence-electron chi connectivity index (χ2n) is 1.63. The van der Waals surface area contributed by atoms with Crippen LogP contribution in [0.1, 0.15) is 0 Å². The van der Waals surface area contributed by atoms with Crippen LogP contribution in [0.2, 0.25) is 15.1 Å². The average Bonchev–Trinajstić information content (AvgIpc) is 1.82. The van der Waals surface area contributed by atoms with Crippen molar-refractivity contribution in [2.75, 3.05) is 0 Å². The van der Waals surface area contributed by atoms with Gasteiger partial charge in [0.1, 0.15) is 10.0 Å². The van der Waals surface area contributed by atoms with Gasteiger partial charge in [0, 0.05) is 0 Å². The van der Waals surface area contributed by atoms with Gasteiger partial charge in [0.05, 0.1) is 5.02 Å². The highest BCUT2D eigenvalue weighted by Crippen LogP contribution is 2.26. The van der Waals surface area contributed by atoms with Crippen LogP contribution in [0.15, 0.2) is 12.4 Å². The van der Waals surface area contributed by atoms with Crippen molar-refractivity contribution in [1.29, 1.82) is 0 Å². The molecule has 54 valence electrons. The van der Waals surface area contributed by atoms with Crippen molar-refractivity contribution < 1.29 is 4.73 Å². The lowest BCUT2D eigenvalue weighted by molar-refractivity contribution is -0.605. The lowest BCUT2D eigenvalue weighted by Gasteiger charge is -1.98. The molecule has 0 aromatic carbocycles. The summed E-state index contributed by atoms with van der Waals surface area (Å²) in [5, 5.41) is 11.1. The summed E-state index contributed by atoms with van der Waals surface area (Å²) in [5.41, 5.74) is 0. The zero-order valence-electron chi connectivity index (χ0n) is 4.64. The number of hydrogen-bond donors (Lipinski definition) is 0. The molecule has 1 aromatic rings. The van der Waals surface area contributed by atoms with Crippen molar-refractivity contribution in [3.8, 4) is 0 Å². The van der Waals surface area contributed by atoms with Crippen molar-refractivity contribution in [3.63, 3.8) is 0 Å². The fraction of sp³-hybridized carbons (Fsp3) is 0. The van der Waals surface area contributed by atoms with Gasteiger partial charge in [-0.3, -0.25) is 0 Å². The highest BCUT2D eigenvalue weighted by Gasteiger charge is 2.07. The molecule has 0 unspecified atom stereocenters. The summed E-state index contributed by atoms with van der Waals surface area (Å²) >= 11 is 16.5. The van der Waals surface area contributed by atoms with Crippen molar-refractivity contribution in [2.45, 2.75) is 0 Å². The molecule has 0 fully saturated rings. The minimum Gasteiger partial charge on any atom is -0.619 e. The molecule has 0 N–H and O–H groups in total. The van der Waals surface area contributed by atoms with Crippen LogP contribution in [-0.2, 0) is 0 Å². The first kappa shape index (κ1) is 7.92. The van der Waals surface area contributed by atoms with Crippen molar-refractivity contribution in [2.24, 2.45) is 0 Å². The van der Waals surface area contributed by atoms with E-state index in [1.54, 1.807) is 0 Å². The normalized spacial score (nSPS) is 9.90. The molecule has 0 saturated carbocycles. The average molecular weight is 198 g/mol. The van der Waals surface area contributed by atoms with Crippen LogP contribution in [0.3, 0.4) is 0 Å². The van der Waals surface area contributed by atoms with Crippen LogP contribution >= 0.6 is 34.8 Å². The minimum atomic E-state index is 0.157. The molecule has 5 heteroatoms. The lowest BCUT2D eigenvalue weighted by Crippen LogP contribution is -2.24. The minimum absolute atomic E-state index is 0.157. The SMILES string of the molecule is [O-][n+]1cc(Cl)c(Cl)c(Cl)c1. The molecule has 0 aliphatic heterocycles. The van der Waals surface area contributed by atoms with Gasteiger partial charge in [0.25, 0.3) is 0 Å². The van der Waals surface area contributed by atoms with E-state index in [4.69, 9.17) is 34.8 Å². The van der Waals surface area contributed by atoms with Gasteiger partial charge in [0.15, 0.2) is 0 Å². The van der Waals surface area contributed by atoms with E-state index >= 15 is 0 Å². The lowest BCUT2D eigenvalue weighted by atomic mass is 10.5. The molecular formula is C5H2Cl3NO. The Balaban J connectivity index is 3.31. The predicted molar refractivity (Wildman–Crippen MR) is 40.4 cm³/mol. The maximum Gasteiger partial charge on any atom is 0.200 e. The van der Waals surface area contributed by atoms with Gasteiger partial charge in [-0.2, -0.15) is 4.73 Å². The first-order valence-corrected chi connectivity index (χ1v) is 3.48. The first-order chi connectivity index (χ1) is 4.61. The molecule has 0 aliphatic rings. The van der Waals surface area contributed by atoms with Crippen molar-refractivity contribution in [3.05, 3.63) is 32.7 Å². The van der Waals surface area contributed by atoms with Crippen LogP contribution < -0.4 is 4.73 Å². The first-order valence-electron chi connectivity index (χ1n) is 2.34. The topological polar surface area (TPSA) is 26.9 Å². The summed E-state index contributed by atoms with van der Waals surface area (Å²) in [5.74, 6) is 0. The Labute approximate surface area is 72.5 Å². The molecule has 0 aliphatic carbocycles. The molecule has 0 saturated heterocycles. The Hall–Kier alpha value is -0.180. The highest BCUT2D eigenvalue weighted by atomic mass is 35.5. The Morgan fingerprint density at radius 1 is 1.10 bits per heavy atom. The van der Waals surface area contributed by atoms with Crippen molar-refractivity contribution >= 4 is 34.8 Å². The summed E-state index contributed by atoms with van der Waals surface area (Å²) in [4.78, 5) is 0. The Bertz CT molecular complexity index is 240. The summed E-state index contributed by atoms with van der Waals surface area (Å²) < 4.78 is 0.497. The third-order valence-corrected chi connectivity index (χ3v) is 2.07. The van der Waals surface area contributed by atoms with Crippen LogP contribution in [0.5, 0.6) is 0 Å². The molecule has 0 bridgehead atoms. The molecule has 0 atom stereocenters. The third kappa shape index (κ3) is 1.45. The molecule has 1 aromatic heterocycles. The maximum atomic E-state index is 10.6. The van der Waals surface area contributed by atoms with Gasteiger partial charge in [0.2, 0.25) is 12.4 Å². The maximum absolute atomic E-state index is 10.6. The predicted octanol–water partition coefficient (Wildman–Crippen LogP) is 2.28. The summed E-state index contributed by atoms with van der Waals surface area (Å²) in [6, 6.07) is 0. The zero-order chi connectivity index (χ0) is 7.72. The van der Waals surface area contributed by atoms with E-state index in [9.17, 15) is 5.21 Å².